The average molecular weight is 182 g/mol. The Morgan fingerprint density at radius 1 is 1.83 bits per heavy atom. The van der Waals surface area contributed by atoms with Gasteiger partial charge in [0, 0.05) is 17.1 Å². The predicted molar refractivity (Wildman–Crippen MR) is 51.1 cm³/mol. The van der Waals surface area contributed by atoms with E-state index in [1.54, 1.807) is 11.5 Å². The maximum atomic E-state index is 6.04. The summed E-state index contributed by atoms with van der Waals surface area (Å²) in [6.07, 6.45) is 4.18. The highest BCUT2D eigenvalue weighted by molar-refractivity contribution is 7.05. The molecule has 0 radical (unpaired) electrons. The van der Waals surface area contributed by atoms with Gasteiger partial charge in [0.1, 0.15) is 0 Å². The number of rotatable bonds is 3. The van der Waals surface area contributed by atoms with Crippen molar-refractivity contribution in [1.82, 2.24) is 4.37 Å². The van der Waals surface area contributed by atoms with Crippen molar-refractivity contribution in [1.29, 1.82) is 0 Å². The summed E-state index contributed by atoms with van der Waals surface area (Å²) in [4.78, 5) is 1.32. The number of hydrogen-bond acceptors (Lipinski definition) is 3. The number of nitrogens with zero attached hydrogens (tertiary/aromatic N) is 1. The molecule has 66 valence electrons. The lowest BCUT2D eigenvalue weighted by Crippen LogP contribution is -2.25. The van der Waals surface area contributed by atoms with E-state index in [2.05, 4.69) is 17.4 Å². The fourth-order valence-electron chi connectivity index (χ4n) is 1.68. The molecule has 0 spiro atoms. The van der Waals surface area contributed by atoms with Gasteiger partial charge in [-0.25, -0.2) is 4.37 Å². The van der Waals surface area contributed by atoms with Crippen molar-refractivity contribution in [3.05, 3.63) is 17.1 Å². The highest BCUT2D eigenvalue weighted by atomic mass is 32.1. The maximum Gasteiger partial charge on any atom is 0.0409 e. The predicted octanol–water partition coefficient (Wildman–Crippen LogP) is 1.67. The van der Waals surface area contributed by atoms with Gasteiger partial charge >= 0.3 is 0 Å². The van der Waals surface area contributed by atoms with Crippen LogP contribution in [-0.4, -0.2) is 10.4 Å². The summed E-state index contributed by atoms with van der Waals surface area (Å²) in [7, 11) is 0. The van der Waals surface area contributed by atoms with Crippen LogP contribution in [0, 0.1) is 11.8 Å². The zero-order valence-corrected chi connectivity index (χ0v) is 8.05. The average Bonchev–Trinajstić information content (AvgIpc) is 2.58. The molecule has 0 aromatic carbocycles. The first-order valence-electron chi connectivity index (χ1n) is 4.42. The molecule has 1 saturated carbocycles. The van der Waals surface area contributed by atoms with E-state index in [0.29, 0.717) is 6.04 Å². The molecule has 1 aromatic heterocycles. The molecule has 3 heteroatoms. The summed E-state index contributed by atoms with van der Waals surface area (Å²) in [6.45, 7) is 2.27. The van der Waals surface area contributed by atoms with E-state index >= 15 is 0 Å². The van der Waals surface area contributed by atoms with Gasteiger partial charge in [-0.05, 0) is 42.3 Å². The smallest absolute Gasteiger partial charge is 0.0409 e. The second-order valence-corrected chi connectivity index (χ2v) is 4.64. The van der Waals surface area contributed by atoms with Crippen LogP contribution in [0.5, 0.6) is 0 Å². The Bertz CT molecular complexity index is 245. The third kappa shape index (κ3) is 1.67. The maximum absolute atomic E-state index is 6.04. The van der Waals surface area contributed by atoms with Crippen molar-refractivity contribution >= 4 is 11.5 Å². The normalized spacial score (nSPS) is 30.2. The highest BCUT2D eigenvalue weighted by Crippen LogP contribution is 2.40. The van der Waals surface area contributed by atoms with Crippen LogP contribution in [0.2, 0.25) is 0 Å². The molecule has 2 nitrogen and oxygen atoms in total. The third-order valence-corrected chi connectivity index (χ3v) is 3.41. The van der Waals surface area contributed by atoms with Gasteiger partial charge in [-0.3, -0.25) is 0 Å². The third-order valence-electron chi connectivity index (χ3n) is 2.65. The van der Waals surface area contributed by atoms with Crippen LogP contribution in [0.15, 0.2) is 12.3 Å². The Hall–Kier alpha value is -0.410. The summed E-state index contributed by atoms with van der Waals surface area (Å²) in [5.74, 6) is 1.63. The van der Waals surface area contributed by atoms with Crippen LogP contribution < -0.4 is 5.73 Å². The molecule has 3 unspecified atom stereocenters. The molecule has 0 aliphatic heterocycles. The molecule has 1 heterocycles. The first kappa shape index (κ1) is 8.20. The van der Waals surface area contributed by atoms with E-state index in [-0.39, 0.29) is 0 Å². The monoisotopic (exact) mass is 182 g/mol. The second-order valence-electron chi connectivity index (χ2n) is 3.72. The van der Waals surface area contributed by atoms with E-state index in [4.69, 9.17) is 5.73 Å². The zero-order valence-electron chi connectivity index (χ0n) is 7.23. The van der Waals surface area contributed by atoms with Crippen molar-refractivity contribution in [2.24, 2.45) is 17.6 Å². The quantitative estimate of drug-likeness (QED) is 0.772. The van der Waals surface area contributed by atoms with Crippen molar-refractivity contribution in [3.63, 3.8) is 0 Å². The number of aromatic nitrogens is 1. The van der Waals surface area contributed by atoms with Gasteiger partial charge in [0.25, 0.3) is 0 Å². The topological polar surface area (TPSA) is 38.9 Å². The van der Waals surface area contributed by atoms with Gasteiger partial charge < -0.3 is 5.73 Å². The molecule has 0 bridgehead atoms. The van der Waals surface area contributed by atoms with Crippen molar-refractivity contribution in [3.8, 4) is 0 Å². The molecule has 0 amide bonds. The minimum Gasteiger partial charge on any atom is -0.327 e. The van der Waals surface area contributed by atoms with Crippen LogP contribution in [0.4, 0.5) is 0 Å². The molecule has 1 aromatic rings. The Morgan fingerprint density at radius 2 is 2.58 bits per heavy atom. The standard InChI is InChI=1S/C9H14N2S/c1-6-4-8(6)9(10)5-7-2-3-11-12-7/h2-3,6,8-9H,4-5,10H2,1H3. The lowest BCUT2D eigenvalue weighted by molar-refractivity contribution is 0.563. The molecule has 1 aliphatic carbocycles. The van der Waals surface area contributed by atoms with Crippen LogP contribution in [-0.2, 0) is 6.42 Å². The van der Waals surface area contributed by atoms with E-state index in [1.807, 2.05) is 6.20 Å². The summed E-state index contributed by atoms with van der Waals surface area (Å²) in [5.41, 5.74) is 6.04. The summed E-state index contributed by atoms with van der Waals surface area (Å²) in [5, 5.41) is 0. The SMILES string of the molecule is CC1CC1C(N)Cc1ccns1. The van der Waals surface area contributed by atoms with Gasteiger partial charge in [-0.1, -0.05) is 6.92 Å². The van der Waals surface area contributed by atoms with Crippen LogP contribution in [0.3, 0.4) is 0 Å². The van der Waals surface area contributed by atoms with E-state index in [0.717, 1.165) is 18.3 Å². The highest BCUT2D eigenvalue weighted by Gasteiger charge is 2.37. The van der Waals surface area contributed by atoms with E-state index in [9.17, 15) is 0 Å². The molecule has 1 aliphatic rings. The van der Waals surface area contributed by atoms with Crippen LogP contribution in [0.1, 0.15) is 18.2 Å². The van der Waals surface area contributed by atoms with Gasteiger partial charge in [0.05, 0.1) is 0 Å². The summed E-state index contributed by atoms with van der Waals surface area (Å²) < 4.78 is 4.06. The molecule has 2 N–H and O–H groups in total. The minimum absolute atomic E-state index is 0.362. The first-order valence-corrected chi connectivity index (χ1v) is 5.20. The van der Waals surface area contributed by atoms with Crippen LogP contribution >= 0.6 is 11.5 Å². The fourth-order valence-corrected chi connectivity index (χ4v) is 2.32. The van der Waals surface area contributed by atoms with E-state index < -0.39 is 0 Å². The summed E-state index contributed by atoms with van der Waals surface area (Å²) >= 11 is 1.57. The van der Waals surface area contributed by atoms with Crippen molar-refractivity contribution in [2.45, 2.75) is 25.8 Å². The minimum atomic E-state index is 0.362. The Labute approximate surface area is 77.0 Å². The second kappa shape index (κ2) is 3.15. The summed E-state index contributed by atoms with van der Waals surface area (Å²) in [6, 6.07) is 2.43. The Morgan fingerprint density at radius 3 is 3.08 bits per heavy atom. The van der Waals surface area contributed by atoms with Crippen LogP contribution in [0.25, 0.3) is 0 Å². The lowest BCUT2D eigenvalue weighted by Gasteiger charge is -2.07. The Kier molecular flexibility index (Phi) is 2.15. The molecular weight excluding hydrogens is 168 g/mol. The van der Waals surface area contributed by atoms with Crippen molar-refractivity contribution < 1.29 is 0 Å². The van der Waals surface area contributed by atoms with Crippen molar-refractivity contribution in [2.75, 3.05) is 0 Å². The largest absolute Gasteiger partial charge is 0.327 e. The van der Waals surface area contributed by atoms with Gasteiger partial charge in [-0.15, -0.1) is 0 Å². The molecular formula is C9H14N2S. The number of nitrogens with two attached hydrogens (primary N) is 1. The molecule has 1 fully saturated rings. The lowest BCUT2D eigenvalue weighted by atomic mass is 10.1. The van der Waals surface area contributed by atoms with Gasteiger partial charge in [0.2, 0.25) is 0 Å². The molecule has 3 atom stereocenters. The first-order chi connectivity index (χ1) is 5.77. The van der Waals surface area contributed by atoms with E-state index in [1.165, 1.54) is 11.3 Å². The van der Waals surface area contributed by atoms with Gasteiger partial charge in [0.15, 0.2) is 0 Å². The molecule has 0 saturated heterocycles. The molecule has 2 rings (SSSR count). The van der Waals surface area contributed by atoms with Gasteiger partial charge in [-0.2, -0.15) is 0 Å². The Balaban J connectivity index is 1.87. The number of hydrogen-bond donors (Lipinski definition) is 1. The molecule has 12 heavy (non-hydrogen) atoms. The fraction of sp³-hybridized carbons (Fsp3) is 0.667. The zero-order chi connectivity index (χ0) is 8.55.